The van der Waals surface area contributed by atoms with Crippen molar-refractivity contribution in [3.8, 4) is 0 Å². The number of aromatic nitrogens is 3. The molecule has 16 heavy (non-hydrogen) atoms. The van der Waals surface area contributed by atoms with E-state index in [1.54, 1.807) is 6.33 Å². The maximum Gasteiger partial charge on any atom is 0.137 e. The largest absolute Gasteiger partial charge is 0.316 e. The predicted octanol–water partition coefficient (Wildman–Crippen LogP) is 1.15. The average Bonchev–Trinajstić information content (AvgIpc) is 3.01. The number of rotatable bonds is 5. The molecule has 1 aromatic heterocycles. The minimum Gasteiger partial charge on any atom is -0.316 e. The van der Waals surface area contributed by atoms with E-state index in [-0.39, 0.29) is 0 Å². The first-order valence-corrected chi connectivity index (χ1v) is 6.15. The Morgan fingerprint density at radius 3 is 3.06 bits per heavy atom. The minimum absolute atomic E-state index is 0.850. The number of hydrogen-bond donors (Lipinski definition) is 2. The number of allylic oxidation sites excluding steroid dienone is 2. The third-order valence-electron chi connectivity index (χ3n) is 3.83. The molecular weight excluding hydrogens is 200 g/mol. The van der Waals surface area contributed by atoms with E-state index in [0.717, 1.165) is 43.1 Å². The van der Waals surface area contributed by atoms with Gasteiger partial charge in [0.1, 0.15) is 12.2 Å². The van der Waals surface area contributed by atoms with Crippen LogP contribution in [0.25, 0.3) is 0 Å². The van der Waals surface area contributed by atoms with Crippen LogP contribution in [0.3, 0.4) is 0 Å². The molecule has 0 spiro atoms. The van der Waals surface area contributed by atoms with Crippen molar-refractivity contribution in [3.05, 3.63) is 24.3 Å². The lowest BCUT2D eigenvalue weighted by Crippen LogP contribution is -2.27. The van der Waals surface area contributed by atoms with Gasteiger partial charge in [-0.25, -0.2) is 4.98 Å². The Hall–Kier alpha value is -1.16. The highest BCUT2D eigenvalue weighted by molar-refractivity contribution is 5.10. The van der Waals surface area contributed by atoms with Crippen molar-refractivity contribution in [2.24, 2.45) is 17.8 Å². The zero-order chi connectivity index (χ0) is 10.8. The summed E-state index contributed by atoms with van der Waals surface area (Å²) in [6, 6.07) is 0. The van der Waals surface area contributed by atoms with Crippen LogP contribution in [0.5, 0.6) is 0 Å². The second-order valence-electron chi connectivity index (χ2n) is 4.93. The molecule has 1 heterocycles. The monoisotopic (exact) mass is 218 g/mol. The zero-order valence-electron chi connectivity index (χ0n) is 9.39. The van der Waals surface area contributed by atoms with Gasteiger partial charge < -0.3 is 5.32 Å². The van der Waals surface area contributed by atoms with Gasteiger partial charge in [0.05, 0.1) is 0 Å². The van der Waals surface area contributed by atoms with Gasteiger partial charge in [0.2, 0.25) is 0 Å². The number of hydrogen-bond acceptors (Lipinski definition) is 3. The molecule has 3 unspecified atom stereocenters. The summed E-state index contributed by atoms with van der Waals surface area (Å²) in [7, 11) is 0. The average molecular weight is 218 g/mol. The van der Waals surface area contributed by atoms with Gasteiger partial charge in [-0.2, -0.15) is 5.10 Å². The molecule has 0 aromatic carbocycles. The van der Waals surface area contributed by atoms with Gasteiger partial charge in [-0.3, -0.25) is 5.10 Å². The molecule has 1 fully saturated rings. The molecule has 1 saturated carbocycles. The van der Waals surface area contributed by atoms with Crippen LogP contribution in [-0.4, -0.2) is 28.3 Å². The number of H-pyrrole nitrogens is 1. The third-order valence-corrected chi connectivity index (χ3v) is 3.83. The highest BCUT2D eigenvalue weighted by Gasteiger charge is 2.34. The molecule has 4 nitrogen and oxygen atoms in total. The number of fused-ring (bicyclic) bond motifs is 2. The van der Waals surface area contributed by atoms with Crippen molar-refractivity contribution in [3.63, 3.8) is 0 Å². The fraction of sp³-hybridized carbons (Fsp3) is 0.667. The van der Waals surface area contributed by atoms with E-state index in [9.17, 15) is 0 Å². The van der Waals surface area contributed by atoms with E-state index in [0.29, 0.717) is 0 Å². The normalized spacial score (nSPS) is 31.4. The maximum atomic E-state index is 4.11. The Labute approximate surface area is 95.5 Å². The Morgan fingerprint density at radius 2 is 2.38 bits per heavy atom. The van der Waals surface area contributed by atoms with Crippen molar-refractivity contribution in [1.82, 2.24) is 20.5 Å². The molecule has 2 bridgehead atoms. The van der Waals surface area contributed by atoms with Gasteiger partial charge in [-0.15, -0.1) is 0 Å². The molecular formula is C12H18N4. The second-order valence-corrected chi connectivity index (χ2v) is 4.93. The first-order chi connectivity index (χ1) is 7.92. The molecule has 0 amide bonds. The van der Waals surface area contributed by atoms with E-state index in [4.69, 9.17) is 0 Å². The topological polar surface area (TPSA) is 53.6 Å². The summed E-state index contributed by atoms with van der Waals surface area (Å²) in [5, 5.41) is 10.2. The third kappa shape index (κ3) is 2.02. The number of nitrogens with zero attached hydrogens (tertiary/aromatic N) is 2. The van der Waals surface area contributed by atoms with Crippen LogP contribution in [0, 0.1) is 17.8 Å². The van der Waals surface area contributed by atoms with Crippen molar-refractivity contribution in [2.75, 3.05) is 13.1 Å². The highest BCUT2D eigenvalue weighted by atomic mass is 15.2. The van der Waals surface area contributed by atoms with Crippen molar-refractivity contribution < 1.29 is 0 Å². The summed E-state index contributed by atoms with van der Waals surface area (Å²) in [5.41, 5.74) is 0. The summed E-state index contributed by atoms with van der Waals surface area (Å²) >= 11 is 0. The SMILES string of the molecule is C1=CC2CC1CC2CNCCc1ncn[nH]1. The lowest BCUT2D eigenvalue weighted by atomic mass is 9.94. The van der Waals surface area contributed by atoms with E-state index >= 15 is 0 Å². The molecule has 1 aromatic rings. The van der Waals surface area contributed by atoms with Crippen LogP contribution < -0.4 is 5.32 Å². The van der Waals surface area contributed by atoms with Gasteiger partial charge in [0.25, 0.3) is 0 Å². The molecule has 4 heteroatoms. The minimum atomic E-state index is 0.850. The van der Waals surface area contributed by atoms with Crippen LogP contribution in [0.4, 0.5) is 0 Å². The maximum absolute atomic E-state index is 4.11. The molecule has 3 atom stereocenters. The van der Waals surface area contributed by atoms with Crippen LogP contribution >= 0.6 is 0 Å². The van der Waals surface area contributed by atoms with E-state index < -0.39 is 0 Å². The van der Waals surface area contributed by atoms with Crippen LogP contribution in [0.15, 0.2) is 18.5 Å². The first kappa shape index (κ1) is 10.0. The fourth-order valence-corrected chi connectivity index (χ4v) is 2.97. The fourth-order valence-electron chi connectivity index (χ4n) is 2.97. The van der Waals surface area contributed by atoms with Crippen molar-refractivity contribution in [2.45, 2.75) is 19.3 Å². The van der Waals surface area contributed by atoms with Crippen LogP contribution in [0.2, 0.25) is 0 Å². The van der Waals surface area contributed by atoms with E-state index in [1.165, 1.54) is 12.8 Å². The zero-order valence-corrected chi connectivity index (χ0v) is 9.39. The lowest BCUT2D eigenvalue weighted by Gasteiger charge is -2.18. The molecule has 3 rings (SSSR count). The molecule has 2 aliphatic rings. The quantitative estimate of drug-likeness (QED) is 0.576. The smallest absolute Gasteiger partial charge is 0.137 e. The summed E-state index contributed by atoms with van der Waals surface area (Å²) in [5.74, 6) is 3.57. The Balaban J connectivity index is 1.37. The van der Waals surface area contributed by atoms with E-state index in [1.807, 2.05) is 0 Å². The Kier molecular flexibility index (Phi) is 2.74. The Bertz CT molecular complexity index is 357. The van der Waals surface area contributed by atoms with Crippen LogP contribution in [0.1, 0.15) is 18.7 Å². The van der Waals surface area contributed by atoms with Crippen molar-refractivity contribution >= 4 is 0 Å². The molecule has 0 radical (unpaired) electrons. The molecule has 86 valence electrons. The second kappa shape index (κ2) is 4.37. The molecule has 0 aliphatic heterocycles. The van der Waals surface area contributed by atoms with Crippen molar-refractivity contribution in [1.29, 1.82) is 0 Å². The summed E-state index contributed by atoms with van der Waals surface area (Å²) < 4.78 is 0. The van der Waals surface area contributed by atoms with Gasteiger partial charge >= 0.3 is 0 Å². The van der Waals surface area contributed by atoms with Gasteiger partial charge in [-0.1, -0.05) is 12.2 Å². The van der Waals surface area contributed by atoms with Gasteiger partial charge in [0.15, 0.2) is 0 Å². The van der Waals surface area contributed by atoms with Crippen LogP contribution in [-0.2, 0) is 6.42 Å². The molecule has 2 N–H and O–H groups in total. The van der Waals surface area contributed by atoms with Gasteiger partial charge in [-0.05, 0) is 37.1 Å². The summed E-state index contributed by atoms with van der Waals surface area (Å²) in [4.78, 5) is 4.11. The lowest BCUT2D eigenvalue weighted by molar-refractivity contribution is 0.415. The Morgan fingerprint density at radius 1 is 1.38 bits per heavy atom. The standard InChI is InChI=1S/C12H18N4/c1-2-10-5-9(1)6-11(10)7-13-4-3-12-14-8-15-16-12/h1-2,8-11,13H,3-7H2,(H,14,15,16). The summed E-state index contributed by atoms with van der Waals surface area (Å²) in [6.07, 6.45) is 10.1. The van der Waals surface area contributed by atoms with E-state index in [2.05, 4.69) is 32.7 Å². The van der Waals surface area contributed by atoms with Gasteiger partial charge in [0, 0.05) is 13.0 Å². The number of nitrogens with one attached hydrogen (secondary N) is 2. The molecule has 2 aliphatic carbocycles. The number of aromatic amines is 1. The predicted molar refractivity (Wildman–Crippen MR) is 61.8 cm³/mol. The summed E-state index contributed by atoms with van der Waals surface area (Å²) in [6.45, 7) is 2.15. The highest BCUT2D eigenvalue weighted by Crippen LogP contribution is 2.42. The molecule has 0 saturated heterocycles. The first-order valence-electron chi connectivity index (χ1n) is 6.15.